The molecular weight excluding hydrogens is 556 g/mol. The van der Waals surface area contributed by atoms with Gasteiger partial charge in [-0.05, 0) is 43.5 Å². The maximum Gasteiger partial charge on any atom is 0.408 e. The number of hydrogen-bond donors (Lipinski definition) is 3. The van der Waals surface area contributed by atoms with E-state index in [2.05, 4.69) is 10.0 Å². The van der Waals surface area contributed by atoms with Crippen molar-refractivity contribution in [2.45, 2.75) is 42.4 Å². The quantitative estimate of drug-likeness (QED) is 0.292. The minimum absolute atomic E-state index is 0.0451. The van der Waals surface area contributed by atoms with Crippen molar-refractivity contribution in [2.75, 3.05) is 25.0 Å². The van der Waals surface area contributed by atoms with Crippen molar-refractivity contribution in [3.05, 3.63) is 41.5 Å². The van der Waals surface area contributed by atoms with Crippen molar-refractivity contribution >= 4 is 35.4 Å². The summed E-state index contributed by atoms with van der Waals surface area (Å²) in [5.74, 6) is -4.14. The van der Waals surface area contributed by atoms with Crippen LogP contribution in [0.5, 0.6) is 5.75 Å². The highest BCUT2D eigenvalue weighted by atomic mass is 32.2. The number of carbonyl (C=O) groups excluding carboxylic acids is 3. The van der Waals surface area contributed by atoms with Crippen molar-refractivity contribution < 1.29 is 45.5 Å². The first-order valence-electron chi connectivity index (χ1n) is 11.5. The van der Waals surface area contributed by atoms with Crippen LogP contribution in [0.1, 0.15) is 35.8 Å². The summed E-state index contributed by atoms with van der Waals surface area (Å²) in [6.07, 6.45) is -5.89. The third kappa shape index (κ3) is 5.95. The number of fused-ring (bicyclic) bond motifs is 1. The van der Waals surface area contributed by atoms with Crippen LogP contribution in [0, 0.1) is 5.82 Å². The van der Waals surface area contributed by atoms with E-state index in [1.54, 1.807) is 18.6 Å². The van der Waals surface area contributed by atoms with E-state index in [-0.39, 0.29) is 36.8 Å². The van der Waals surface area contributed by atoms with Gasteiger partial charge < -0.3 is 24.8 Å². The first-order valence-corrected chi connectivity index (χ1v) is 12.3. The Morgan fingerprint density at radius 3 is 2.62 bits per heavy atom. The minimum atomic E-state index is -4.70. The standard InChI is InChI=1S/C23H23F6N5O4S/c1-11(23(27,28)29)30-20(36)21(37)34-6-5-22(9-34)10-38-17-15(39-32-22)8-33(2)16(17)19(35)31-12-3-4-14(24)13(7-12)18(25)26/h3-4,7-8,11,18,32H,5-6,9-10H2,1-2H3,(H,30,36)(H,31,35)/t11-,22+/m1/s1. The van der Waals surface area contributed by atoms with Gasteiger partial charge in [-0.3, -0.25) is 14.4 Å². The van der Waals surface area contributed by atoms with E-state index in [1.165, 1.54) is 4.57 Å². The number of rotatable bonds is 4. The molecule has 39 heavy (non-hydrogen) atoms. The molecule has 1 spiro atoms. The van der Waals surface area contributed by atoms with Gasteiger partial charge in [-0.15, -0.1) is 0 Å². The second-order valence-corrected chi connectivity index (χ2v) is 10.1. The molecule has 3 N–H and O–H groups in total. The molecule has 2 aromatic rings. The summed E-state index contributed by atoms with van der Waals surface area (Å²) in [5.41, 5.74) is -1.74. The number of likely N-dealkylation sites (tertiary alicyclic amines) is 1. The van der Waals surface area contributed by atoms with Crippen molar-refractivity contribution in [3.8, 4) is 5.75 Å². The predicted molar refractivity (Wildman–Crippen MR) is 127 cm³/mol. The van der Waals surface area contributed by atoms with Crippen molar-refractivity contribution in [1.29, 1.82) is 0 Å². The maximum absolute atomic E-state index is 13.6. The summed E-state index contributed by atoms with van der Waals surface area (Å²) in [6.45, 7) is 0.697. The van der Waals surface area contributed by atoms with Gasteiger partial charge in [-0.25, -0.2) is 17.9 Å². The molecule has 3 heterocycles. The number of aryl methyl sites for hydroxylation is 1. The predicted octanol–water partition coefficient (Wildman–Crippen LogP) is 3.38. The van der Waals surface area contributed by atoms with Crippen LogP contribution in [0.4, 0.5) is 32.0 Å². The molecule has 1 aromatic heterocycles. The average molecular weight is 580 g/mol. The lowest BCUT2D eigenvalue weighted by molar-refractivity contribution is -0.162. The molecule has 4 rings (SSSR count). The first-order chi connectivity index (χ1) is 18.2. The summed E-state index contributed by atoms with van der Waals surface area (Å²) in [5, 5.41) is 4.10. The SMILES string of the molecule is C[C@@H](NC(=O)C(=O)N1CC[C@@]2(COc3c(cn(C)c3C(=O)Nc3ccc(F)c(C(F)F)c3)SN2)C1)C(F)(F)F. The lowest BCUT2D eigenvalue weighted by atomic mass is 10.0. The van der Waals surface area contributed by atoms with Gasteiger partial charge in [0.05, 0.1) is 16.0 Å². The highest BCUT2D eigenvalue weighted by molar-refractivity contribution is 7.97. The number of ether oxygens (including phenoxy) is 1. The van der Waals surface area contributed by atoms with E-state index in [1.807, 2.05) is 0 Å². The molecule has 0 unspecified atom stereocenters. The smallest absolute Gasteiger partial charge is 0.408 e. The number of nitrogens with one attached hydrogen (secondary N) is 3. The van der Waals surface area contributed by atoms with Crippen LogP contribution in [-0.2, 0) is 16.6 Å². The van der Waals surface area contributed by atoms with Crippen molar-refractivity contribution in [3.63, 3.8) is 0 Å². The van der Waals surface area contributed by atoms with E-state index in [0.29, 0.717) is 11.3 Å². The normalized spacial score (nSPS) is 19.9. The van der Waals surface area contributed by atoms with Crippen LogP contribution < -0.4 is 20.1 Å². The van der Waals surface area contributed by atoms with Gasteiger partial charge in [0.15, 0.2) is 11.4 Å². The highest BCUT2D eigenvalue weighted by Crippen LogP contribution is 2.39. The number of amides is 3. The number of aromatic nitrogens is 1. The fourth-order valence-electron chi connectivity index (χ4n) is 4.16. The number of benzene rings is 1. The Bertz CT molecular complexity index is 1300. The molecule has 2 atom stereocenters. The van der Waals surface area contributed by atoms with E-state index in [4.69, 9.17) is 4.74 Å². The zero-order valence-electron chi connectivity index (χ0n) is 20.5. The van der Waals surface area contributed by atoms with Gasteiger partial charge in [-0.1, -0.05) is 0 Å². The third-order valence-electron chi connectivity index (χ3n) is 6.35. The molecule has 3 amide bonds. The molecule has 1 fully saturated rings. The Morgan fingerprint density at radius 2 is 1.95 bits per heavy atom. The van der Waals surface area contributed by atoms with Gasteiger partial charge in [0.25, 0.3) is 12.3 Å². The van der Waals surface area contributed by atoms with Crippen LogP contribution in [-0.4, -0.2) is 64.6 Å². The Morgan fingerprint density at radius 1 is 1.23 bits per heavy atom. The summed E-state index contributed by atoms with van der Waals surface area (Å²) < 4.78 is 88.5. The molecule has 9 nitrogen and oxygen atoms in total. The molecule has 0 aliphatic carbocycles. The van der Waals surface area contributed by atoms with Crippen molar-refractivity contribution in [2.24, 2.45) is 7.05 Å². The lowest BCUT2D eigenvalue weighted by Crippen LogP contribution is -2.52. The monoisotopic (exact) mass is 579 g/mol. The zero-order valence-corrected chi connectivity index (χ0v) is 21.3. The van der Waals surface area contributed by atoms with Crippen LogP contribution >= 0.6 is 11.9 Å². The van der Waals surface area contributed by atoms with E-state index >= 15 is 0 Å². The largest absolute Gasteiger partial charge is 0.488 e. The van der Waals surface area contributed by atoms with E-state index < -0.39 is 53.3 Å². The van der Waals surface area contributed by atoms with Crippen LogP contribution in [0.25, 0.3) is 0 Å². The van der Waals surface area contributed by atoms with E-state index in [0.717, 1.165) is 42.0 Å². The number of halogens is 6. The first kappa shape index (κ1) is 28.6. The molecule has 212 valence electrons. The molecule has 2 aliphatic rings. The fourth-order valence-corrected chi connectivity index (χ4v) is 5.18. The lowest BCUT2D eigenvalue weighted by Gasteiger charge is -2.27. The maximum atomic E-state index is 13.6. The average Bonchev–Trinajstić information content (AvgIpc) is 3.37. The molecule has 2 aliphatic heterocycles. The Hall–Kier alpha value is -3.40. The van der Waals surface area contributed by atoms with Gasteiger partial charge in [0.1, 0.15) is 18.5 Å². The topological polar surface area (TPSA) is 105 Å². The zero-order chi connectivity index (χ0) is 28.7. The summed E-state index contributed by atoms with van der Waals surface area (Å²) in [4.78, 5) is 39.2. The summed E-state index contributed by atoms with van der Waals surface area (Å²) in [6, 6.07) is 0.598. The molecule has 16 heteroatoms. The van der Waals surface area contributed by atoms with Crippen LogP contribution in [0.15, 0.2) is 29.3 Å². The Labute approximate surface area is 222 Å². The van der Waals surface area contributed by atoms with Gasteiger partial charge in [-0.2, -0.15) is 13.2 Å². The Kier molecular flexibility index (Phi) is 7.80. The molecule has 1 saturated heterocycles. The van der Waals surface area contributed by atoms with E-state index in [9.17, 15) is 40.7 Å². The number of alkyl halides is 5. The number of nitrogens with zero attached hydrogens (tertiary/aromatic N) is 2. The highest BCUT2D eigenvalue weighted by Gasteiger charge is 2.45. The third-order valence-corrected chi connectivity index (χ3v) is 7.40. The molecule has 0 radical (unpaired) electrons. The second kappa shape index (κ2) is 10.6. The van der Waals surface area contributed by atoms with Crippen LogP contribution in [0.2, 0.25) is 0 Å². The van der Waals surface area contributed by atoms with Gasteiger partial charge in [0, 0.05) is 32.0 Å². The van der Waals surface area contributed by atoms with Gasteiger partial charge in [0.2, 0.25) is 0 Å². The fraction of sp³-hybridized carbons (Fsp3) is 0.435. The number of anilines is 1. The van der Waals surface area contributed by atoms with Gasteiger partial charge >= 0.3 is 18.0 Å². The molecule has 0 bridgehead atoms. The molecule has 0 saturated carbocycles. The number of carbonyl (C=O) groups is 3. The molecule has 1 aromatic carbocycles. The Balaban J connectivity index is 1.45. The summed E-state index contributed by atoms with van der Waals surface area (Å²) >= 11 is 1.10. The number of hydrogen-bond acceptors (Lipinski definition) is 6. The van der Waals surface area contributed by atoms with Crippen LogP contribution in [0.3, 0.4) is 0 Å². The minimum Gasteiger partial charge on any atom is -0.488 e. The second-order valence-electron chi connectivity index (χ2n) is 9.26. The summed E-state index contributed by atoms with van der Waals surface area (Å²) in [7, 11) is 1.56. The van der Waals surface area contributed by atoms with Crippen molar-refractivity contribution in [1.82, 2.24) is 19.5 Å². The molecular formula is C23H23F6N5O4S.